The predicted octanol–water partition coefficient (Wildman–Crippen LogP) is 3.91. The molecule has 1 fully saturated rings. The van der Waals surface area contributed by atoms with Crippen molar-refractivity contribution in [1.29, 1.82) is 0 Å². The van der Waals surface area contributed by atoms with Crippen molar-refractivity contribution >= 4 is 5.69 Å². The summed E-state index contributed by atoms with van der Waals surface area (Å²) in [5.74, 6) is -0.253. The van der Waals surface area contributed by atoms with E-state index < -0.39 is 0 Å². The first-order valence-corrected chi connectivity index (χ1v) is 10.3. The minimum absolute atomic E-state index is 0.253. The molecule has 0 aliphatic carbocycles. The molecule has 4 rings (SSSR count). The molecule has 0 saturated carbocycles. The highest BCUT2D eigenvalue weighted by Gasteiger charge is 2.17. The first-order valence-electron chi connectivity index (χ1n) is 10.3. The standard InChI is InChI=1S/C23H28FN5/c1-18-7-8-22(15-19(18)2)28-13-11-27(12-14-28)9-4-10-29-17-23(25-26-29)20-5-3-6-21(24)16-20/h3,5-8,15-17H,4,9-14H2,1-2H3. The van der Waals surface area contributed by atoms with Crippen molar-refractivity contribution in [3.8, 4) is 11.3 Å². The van der Waals surface area contributed by atoms with Gasteiger partial charge in [-0.3, -0.25) is 9.58 Å². The van der Waals surface area contributed by atoms with Gasteiger partial charge in [0.2, 0.25) is 0 Å². The summed E-state index contributed by atoms with van der Waals surface area (Å²) in [5, 5.41) is 8.37. The summed E-state index contributed by atoms with van der Waals surface area (Å²) in [6.07, 6.45) is 2.92. The van der Waals surface area contributed by atoms with Crippen molar-refractivity contribution in [3.63, 3.8) is 0 Å². The fourth-order valence-electron chi connectivity index (χ4n) is 3.80. The first kappa shape index (κ1) is 19.6. The number of aromatic nitrogens is 3. The summed E-state index contributed by atoms with van der Waals surface area (Å²) in [6, 6.07) is 13.2. The van der Waals surface area contributed by atoms with Gasteiger partial charge in [-0.05, 0) is 55.7 Å². The van der Waals surface area contributed by atoms with Crippen LogP contribution in [0.25, 0.3) is 11.3 Å². The van der Waals surface area contributed by atoms with Gasteiger partial charge in [-0.1, -0.05) is 23.4 Å². The van der Waals surface area contributed by atoms with E-state index in [1.54, 1.807) is 6.07 Å². The van der Waals surface area contributed by atoms with E-state index >= 15 is 0 Å². The van der Waals surface area contributed by atoms with Gasteiger partial charge in [0.15, 0.2) is 0 Å². The molecule has 0 amide bonds. The van der Waals surface area contributed by atoms with E-state index in [0.29, 0.717) is 5.69 Å². The Bertz CT molecular complexity index is 959. The molecule has 1 saturated heterocycles. The van der Waals surface area contributed by atoms with Crippen LogP contribution in [0, 0.1) is 19.7 Å². The van der Waals surface area contributed by atoms with E-state index in [-0.39, 0.29) is 5.82 Å². The summed E-state index contributed by atoms with van der Waals surface area (Å²) in [4.78, 5) is 4.99. The molecule has 2 aromatic carbocycles. The molecule has 29 heavy (non-hydrogen) atoms. The quantitative estimate of drug-likeness (QED) is 0.636. The molecule has 0 radical (unpaired) electrons. The van der Waals surface area contributed by atoms with Crippen LogP contribution in [-0.2, 0) is 6.54 Å². The molecule has 0 atom stereocenters. The maximum atomic E-state index is 13.4. The van der Waals surface area contributed by atoms with Crippen LogP contribution >= 0.6 is 0 Å². The maximum Gasteiger partial charge on any atom is 0.123 e. The predicted molar refractivity (Wildman–Crippen MR) is 115 cm³/mol. The van der Waals surface area contributed by atoms with Gasteiger partial charge >= 0.3 is 0 Å². The van der Waals surface area contributed by atoms with Crippen LogP contribution < -0.4 is 4.90 Å². The molecule has 1 aliphatic heterocycles. The van der Waals surface area contributed by atoms with Crippen molar-refractivity contribution < 1.29 is 4.39 Å². The lowest BCUT2D eigenvalue weighted by Gasteiger charge is -2.36. The molecule has 1 aromatic heterocycles. The number of nitrogens with zero attached hydrogens (tertiary/aromatic N) is 5. The molecule has 0 spiro atoms. The number of rotatable bonds is 6. The zero-order chi connectivity index (χ0) is 20.2. The highest BCUT2D eigenvalue weighted by atomic mass is 19.1. The first-order chi connectivity index (χ1) is 14.1. The minimum atomic E-state index is -0.253. The van der Waals surface area contributed by atoms with Gasteiger partial charge in [0.25, 0.3) is 0 Å². The zero-order valence-corrected chi connectivity index (χ0v) is 17.2. The number of halogens is 1. The lowest BCUT2D eigenvalue weighted by Crippen LogP contribution is -2.46. The molecule has 3 aromatic rings. The summed E-state index contributed by atoms with van der Waals surface area (Å²) >= 11 is 0. The van der Waals surface area contributed by atoms with Crippen LogP contribution in [0.2, 0.25) is 0 Å². The number of aryl methyl sites for hydroxylation is 3. The third-order valence-electron chi connectivity index (χ3n) is 5.75. The van der Waals surface area contributed by atoms with Gasteiger partial charge in [0.05, 0.1) is 6.20 Å². The Morgan fingerprint density at radius 2 is 1.76 bits per heavy atom. The van der Waals surface area contributed by atoms with Crippen LogP contribution in [0.4, 0.5) is 10.1 Å². The zero-order valence-electron chi connectivity index (χ0n) is 17.2. The Kier molecular flexibility index (Phi) is 5.90. The molecule has 0 bridgehead atoms. The van der Waals surface area contributed by atoms with Crippen molar-refractivity contribution in [2.24, 2.45) is 0 Å². The van der Waals surface area contributed by atoms with E-state index in [2.05, 4.69) is 52.2 Å². The normalized spacial score (nSPS) is 15.1. The minimum Gasteiger partial charge on any atom is -0.369 e. The lowest BCUT2D eigenvalue weighted by atomic mass is 10.1. The number of hydrogen-bond acceptors (Lipinski definition) is 4. The van der Waals surface area contributed by atoms with E-state index in [1.165, 1.54) is 28.9 Å². The van der Waals surface area contributed by atoms with Gasteiger partial charge in [0, 0.05) is 50.5 Å². The molecule has 2 heterocycles. The Hall–Kier alpha value is -2.73. The summed E-state index contributed by atoms with van der Waals surface area (Å²) in [7, 11) is 0. The Morgan fingerprint density at radius 1 is 0.931 bits per heavy atom. The van der Waals surface area contributed by atoms with Crippen molar-refractivity contribution in [2.75, 3.05) is 37.6 Å². The second-order valence-corrected chi connectivity index (χ2v) is 7.83. The van der Waals surface area contributed by atoms with Crippen LogP contribution in [0.1, 0.15) is 17.5 Å². The van der Waals surface area contributed by atoms with Crippen molar-refractivity contribution in [3.05, 3.63) is 65.6 Å². The van der Waals surface area contributed by atoms with Gasteiger partial charge in [-0.15, -0.1) is 5.10 Å². The van der Waals surface area contributed by atoms with Crippen molar-refractivity contribution in [2.45, 2.75) is 26.8 Å². The van der Waals surface area contributed by atoms with Crippen LogP contribution in [0.3, 0.4) is 0 Å². The number of anilines is 1. The van der Waals surface area contributed by atoms with E-state index in [0.717, 1.165) is 51.3 Å². The van der Waals surface area contributed by atoms with Crippen LogP contribution in [-0.4, -0.2) is 52.6 Å². The Morgan fingerprint density at radius 3 is 2.52 bits per heavy atom. The molecule has 152 valence electrons. The molecule has 5 nitrogen and oxygen atoms in total. The van der Waals surface area contributed by atoms with Gasteiger partial charge in [0.1, 0.15) is 11.5 Å². The largest absolute Gasteiger partial charge is 0.369 e. The molecule has 1 aliphatic rings. The topological polar surface area (TPSA) is 37.2 Å². The molecular weight excluding hydrogens is 365 g/mol. The van der Waals surface area contributed by atoms with E-state index in [1.807, 2.05) is 16.9 Å². The van der Waals surface area contributed by atoms with E-state index in [4.69, 9.17) is 0 Å². The summed E-state index contributed by atoms with van der Waals surface area (Å²) < 4.78 is 15.2. The van der Waals surface area contributed by atoms with Crippen molar-refractivity contribution in [1.82, 2.24) is 19.9 Å². The number of benzene rings is 2. The van der Waals surface area contributed by atoms with E-state index in [9.17, 15) is 4.39 Å². The Balaban J connectivity index is 1.23. The summed E-state index contributed by atoms with van der Waals surface area (Å²) in [5.41, 5.74) is 5.52. The third-order valence-corrected chi connectivity index (χ3v) is 5.75. The Labute approximate surface area is 171 Å². The highest BCUT2D eigenvalue weighted by Crippen LogP contribution is 2.20. The molecule has 0 N–H and O–H groups in total. The third kappa shape index (κ3) is 4.82. The smallest absolute Gasteiger partial charge is 0.123 e. The van der Waals surface area contributed by atoms with Gasteiger partial charge < -0.3 is 4.90 Å². The number of hydrogen-bond donors (Lipinski definition) is 0. The van der Waals surface area contributed by atoms with Crippen LogP contribution in [0.5, 0.6) is 0 Å². The second-order valence-electron chi connectivity index (χ2n) is 7.83. The molecular formula is C23H28FN5. The maximum absolute atomic E-state index is 13.4. The average molecular weight is 394 g/mol. The highest BCUT2D eigenvalue weighted by molar-refractivity contribution is 5.57. The van der Waals surface area contributed by atoms with Gasteiger partial charge in [-0.2, -0.15) is 0 Å². The average Bonchev–Trinajstić information content (AvgIpc) is 3.20. The monoisotopic (exact) mass is 393 g/mol. The fraction of sp³-hybridized carbons (Fsp3) is 0.391. The molecule has 6 heteroatoms. The SMILES string of the molecule is Cc1ccc(N2CCN(CCCn3cc(-c4cccc(F)c4)nn3)CC2)cc1C. The van der Waals surface area contributed by atoms with Gasteiger partial charge in [-0.25, -0.2) is 4.39 Å². The lowest BCUT2D eigenvalue weighted by molar-refractivity contribution is 0.249. The summed E-state index contributed by atoms with van der Waals surface area (Å²) in [6.45, 7) is 10.5. The molecule has 0 unspecified atom stereocenters. The van der Waals surface area contributed by atoms with Crippen LogP contribution in [0.15, 0.2) is 48.7 Å². The fourth-order valence-corrected chi connectivity index (χ4v) is 3.80. The number of piperazine rings is 1. The second kappa shape index (κ2) is 8.74.